The number of anilines is 1. The topological polar surface area (TPSA) is 66.0 Å². The third-order valence-corrected chi connectivity index (χ3v) is 5.19. The summed E-state index contributed by atoms with van der Waals surface area (Å²) in [6.07, 6.45) is 1.58. The van der Waals surface area contributed by atoms with Crippen LogP contribution in [0.15, 0.2) is 51.9 Å². The summed E-state index contributed by atoms with van der Waals surface area (Å²) < 4.78 is 6.41. The third kappa shape index (κ3) is 6.33. The van der Waals surface area contributed by atoms with Gasteiger partial charge in [-0.25, -0.2) is 0 Å². The predicted octanol–water partition coefficient (Wildman–Crippen LogP) is 4.07. The molecule has 0 aromatic heterocycles. The van der Waals surface area contributed by atoms with Crippen molar-refractivity contribution in [1.82, 2.24) is 10.6 Å². The summed E-state index contributed by atoms with van der Waals surface area (Å²) in [4.78, 5) is 18.0. The Morgan fingerprint density at radius 2 is 1.90 bits per heavy atom. The van der Waals surface area contributed by atoms with Crippen molar-refractivity contribution < 1.29 is 9.53 Å². The van der Waals surface area contributed by atoms with Crippen molar-refractivity contribution in [2.75, 3.05) is 25.6 Å². The normalized spacial score (nSPS) is 13.8. The van der Waals surface area contributed by atoms with Crippen molar-refractivity contribution in [1.29, 1.82) is 0 Å². The molecule has 0 spiro atoms. The van der Waals surface area contributed by atoms with E-state index in [1.807, 2.05) is 47.4 Å². The van der Waals surface area contributed by atoms with Crippen LogP contribution in [0.3, 0.4) is 0 Å². The molecule has 1 heterocycles. The average molecular weight is 573 g/mol. The Morgan fingerprint density at radius 1 is 1.17 bits per heavy atom. The molecule has 0 unspecified atom stereocenters. The number of nitrogens with one attached hydrogen (secondary N) is 2. The Balaban J connectivity index is 0.00000300. The summed E-state index contributed by atoms with van der Waals surface area (Å²) in [6.45, 7) is 2.05. The van der Waals surface area contributed by atoms with Crippen LogP contribution in [0.4, 0.5) is 5.69 Å². The van der Waals surface area contributed by atoms with E-state index in [9.17, 15) is 4.79 Å². The molecule has 1 aliphatic rings. The Bertz CT molecular complexity index is 858. The Hall–Kier alpha value is -1.81. The highest BCUT2D eigenvalue weighted by atomic mass is 127. The number of hydrogen-bond donors (Lipinski definition) is 2. The van der Waals surface area contributed by atoms with E-state index in [0.29, 0.717) is 25.5 Å². The van der Waals surface area contributed by atoms with Gasteiger partial charge >= 0.3 is 0 Å². The van der Waals surface area contributed by atoms with E-state index in [-0.39, 0.29) is 29.9 Å². The van der Waals surface area contributed by atoms with Gasteiger partial charge in [0.15, 0.2) is 5.96 Å². The second-order valence-electron chi connectivity index (χ2n) is 6.55. The lowest BCUT2D eigenvalue weighted by Gasteiger charge is -2.17. The first-order valence-corrected chi connectivity index (χ1v) is 10.1. The first kappa shape index (κ1) is 23.5. The molecule has 0 radical (unpaired) electrons. The molecule has 2 N–H and O–H groups in total. The average Bonchev–Trinajstić information content (AvgIpc) is 3.14. The molecule has 3 rings (SSSR count). The molecule has 1 saturated heterocycles. The maximum Gasteiger partial charge on any atom is 0.227 e. The van der Waals surface area contributed by atoms with Gasteiger partial charge in [0.1, 0.15) is 5.75 Å². The summed E-state index contributed by atoms with van der Waals surface area (Å²) in [7, 11) is 3.41. The number of ether oxygens (including phenoxy) is 1. The number of guanidine groups is 1. The number of methoxy groups -OCH3 is 1. The van der Waals surface area contributed by atoms with E-state index < -0.39 is 0 Å². The first-order chi connectivity index (χ1) is 13.6. The van der Waals surface area contributed by atoms with Crippen molar-refractivity contribution in [3.8, 4) is 5.75 Å². The second kappa shape index (κ2) is 11.4. The molecule has 2 aromatic carbocycles. The van der Waals surface area contributed by atoms with Crippen molar-refractivity contribution >= 4 is 57.5 Å². The number of nitrogens with zero attached hydrogens (tertiary/aromatic N) is 2. The summed E-state index contributed by atoms with van der Waals surface area (Å²) in [5.41, 5.74) is 3.13. The van der Waals surface area contributed by atoms with Crippen LogP contribution >= 0.6 is 39.9 Å². The lowest BCUT2D eigenvalue weighted by molar-refractivity contribution is -0.117. The highest BCUT2D eigenvalue weighted by Gasteiger charge is 2.21. The van der Waals surface area contributed by atoms with Crippen molar-refractivity contribution in [3.05, 3.63) is 58.1 Å². The van der Waals surface area contributed by atoms with Gasteiger partial charge in [-0.1, -0.05) is 28.1 Å². The minimum absolute atomic E-state index is 0. The SMILES string of the molecule is CN=C(NCc1ccc(N2CCCC2=O)cc1)NCc1cc(Br)ccc1OC.I. The number of carbonyl (C=O) groups is 1. The standard InChI is InChI=1S/C21H25BrN4O2.HI/c1-23-21(25-14-16-12-17(22)7-10-19(16)28-2)24-13-15-5-8-18(9-6-15)26-11-3-4-20(26)27;/h5-10,12H,3-4,11,13-14H2,1-2H3,(H2,23,24,25);1H. The maximum absolute atomic E-state index is 11.8. The highest BCUT2D eigenvalue weighted by Crippen LogP contribution is 2.23. The fraction of sp³-hybridized carbons (Fsp3) is 0.333. The van der Waals surface area contributed by atoms with E-state index in [2.05, 4.69) is 31.6 Å². The van der Waals surface area contributed by atoms with Gasteiger partial charge < -0.3 is 20.3 Å². The molecule has 29 heavy (non-hydrogen) atoms. The first-order valence-electron chi connectivity index (χ1n) is 9.27. The quantitative estimate of drug-likeness (QED) is 0.311. The van der Waals surface area contributed by atoms with Crippen LogP contribution in [-0.2, 0) is 17.9 Å². The van der Waals surface area contributed by atoms with Crippen molar-refractivity contribution in [2.24, 2.45) is 4.99 Å². The Kier molecular flexibility index (Phi) is 9.22. The zero-order chi connectivity index (χ0) is 19.9. The monoisotopic (exact) mass is 572 g/mol. The number of amides is 1. The number of carbonyl (C=O) groups excluding carboxylic acids is 1. The van der Waals surface area contributed by atoms with Crippen LogP contribution in [0.1, 0.15) is 24.0 Å². The van der Waals surface area contributed by atoms with Crippen LogP contribution < -0.4 is 20.3 Å². The van der Waals surface area contributed by atoms with E-state index >= 15 is 0 Å². The van der Waals surface area contributed by atoms with Crippen molar-refractivity contribution in [2.45, 2.75) is 25.9 Å². The molecular formula is C21H26BrIN4O2. The molecule has 1 fully saturated rings. The predicted molar refractivity (Wildman–Crippen MR) is 131 cm³/mol. The van der Waals surface area contributed by atoms with E-state index in [1.165, 1.54) is 0 Å². The van der Waals surface area contributed by atoms with Gasteiger partial charge in [0, 0.05) is 48.8 Å². The molecule has 0 bridgehead atoms. The number of benzene rings is 2. The van der Waals surface area contributed by atoms with E-state index in [1.54, 1.807) is 14.2 Å². The van der Waals surface area contributed by atoms with Crippen molar-refractivity contribution in [3.63, 3.8) is 0 Å². The number of halogens is 2. The fourth-order valence-corrected chi connectivity index (χ4v) is 3.59. The number of hydrogen-bond acceptors (Lipinski definition) is 3. The second-order valence-corrected chi connectivity index (χ2v) is 7.47. The van der Waals surface area contributed by atoms with Crippen LogP contribution in [0.25, 0.3) is 0 Å². The Morgan fingerprint density at radius 3 is 2.52 bits per heavy atom. The van der Waals surface area contributed by atoms with Crippen LogP contribution in [-0.4, -0.2) is 32.6 Å². The molecule has 8 heteroatoms. The van der Waals surface area contributed by atoms with Gasteiger partial charge in [0.2, 0.25) is 5.91 Å². The molecule has 1 amide bonds. The zero-order valence-electron chi connectivity index (χ0n) is 16.6. The summed E-state index contributed by atoms with van der Waals surface area (Å²) in [5.74, 6) is 1.75. The molecule has 0 saturated carbocycles. The van der Waals surface area contributed by atoms with Crippen LogP contribution in [0.5, 0.6) is 5.75 Å². The van der Waals surface area contributed by atoms with Gasteiger partial charge in [-0.3, -0.25) is 9.79 Å². The molecule has 0 aliphatic carbocycles. The molecule has 0 atom stereocenters. The highest BCUT2D eigenvalue weighted by molar-refractivity contribution is 14.0. The van der Waals surface area contributed by atoms with Gasteiger partial charge in [-0.05, 0) is 42.3 Å². The fourth-order valence-electron chi connectivity index (χ4n) is 3.19. The summed E-state index contributed by atoms with van der Waals surface area (Å²) in [6, 6.07) is 14.0. The molecule has 1 aliphatic heterocycles. The molecular weight excluding hydrogens is 547 g/mol. The zero-order valence-corrected chi connectivity index (χ0v) is 20.5. The smallest absolute Gasteiger partial charge is 0.227 e. The minimum Gasteiger partial charge on any atom is -0.496 e. The van der Waals surface area contributed by atoms with Gasteiger partial charge in [-0.15, -0.1) is 24.0 Å². The third-order valence-electron chi connectivity index (χ3n) is 4.69. The molecule has 156 valence electrons. The summed E-state index contributed by atoms with van der Waals surface area (Å²) in [5, 5.41) is 6.62. The molecule has 2 aromatic rings. The maximum atomic E-state index is 11.8. The lowest BCUT2D eigenvalue weighted by Crippen LogP contribution is -2.36. The Labute approximate surface area is 197 Å². The minimum atomic E-state index is 0. The van der Waals surface area contributed by atoms with E-state index in [4.69, 9.17) is 4.74 Å². The largest absolute Gasteiger partial charge is 0.496 e. The van der Waals surface area contributed by atoms with Gasteiger partial charge in [0.05, 0.1) is 7.11 Å². The number of aliphatic imine (C=N–C) groups is 1. The van der Waals surface area contributed by atoms with Crippen LogP contribution in [0.2, 0.25) is 0 Å². The summed E-state index contributed by atoms with van der Waals surface area (Å²) >= 11 is 3.49. The number of rotatable bonds is 6. The molecule has 6 nitrogen and oxygen atoms in total. The van der Waals surface area contributed by atoms with Gasteiger partial charge in [-0.2, -0.15) is 0 Å². The van der Waals surface area contributed by atoms with Gasteiger partial charge in [0.25, 0.3) is 0 Å². The van der Waals surface area contributed by atoms with E-state index in [0.717, 1.165) is 40.0 Å². The lowest BCUT2D eigenvalue weighted by atomic mass is 10.2. The van der Waals surface area contributed by atoms with Crippen LogP contribution in [0, 0.1) is 0 Å².